The fraction of sp³-hybridized carbons (Fsp3) is 0. The standard InChI is InChI=1S/BH3O4.Na.3H2O/c2-1(3)5-4;;;;/h2-4H;;3*1H2. The maximum Gasteiger partial charge on any atom is 0.662 e. The normalized spacial score (nSPS) is 4.33. The minimum Gasteiger partial charge on any atom is -0.412 e. The first kappa shape index (κ1) is 33.0. The van der Waals surface area contributed by atoms with Gasteiger partial charge in [-0.05, 0) is 0 Å². The molecule has 0 aromatic heterocycles. The van der Waals surface area contributed by atoms with E-state index < -0.39 is 7.32 Å². The van der Waals surface area contributed by atoms with Crippen molar-refractivity contribution in [1.29, 1.82) is 0 Å². The third-order valence-corrected chi connectivity index (χ3v) is 0.0943. The first-order chi connectivity index (χ1) is 2.27. The molecule has 0 rings (SSSR count). The van der Waals surface area contributed by atoms with Crippen molar-refractivity contribution in [3.63, 3.8) is 0 Å². The maximum atomic E-state index is 7.44. The molecule has 55 valence electrons. The van der Waals surface area contributed by atoms with E-state index in [1.807, 2.05) is 0 Å². The summed E-state index contributed by atoms with van der Waals surface area (Å²) in [6.07, 6.45) is 0. The molecule has 0 atom stereocenters. The van der Waals surface area contributed by atoms with E-state index in [9.17, 15) is 0 Å². The topological polar surface area (TPSA) is 164 Å². The van der Waals surface area contributed by atoms with E-state index in [0.29, 0.717) is 0 Å². The first-order valence-electron chi connectivity index (χ1n) is 0.935. The van der Waals surface area contributed by atoms with E-state index in [4.69, 9.17) is 15.3 Å². The van der Waals surface area contributed by atoms with Crippen LogP contribution >= 0.6 is 0 Å². The van der Waals surface area contributed by atoms with Crippen LogP contribution in [-0.4, -0.2) is 68.6 Å². The van der Waals surface area contributed by atoms with Gasteiger partial charge in [0.1, 0.15) is 0 Å². The summed E-state index contributed by atoms with van der Waals surface area (Å²) in [7, 11) is -2.06. The number of hydrogen-bond acceptors (Lipinski definition) is 4. The minimum atomic E-state index is -2.06. The van der Waals surface area contributed by atoms with Crippen LogP contribution in [0.5, 0.6) is 0 Å². The van der Waals surface area contributed by atoms with Crippen LogP contribution in [0.15, 0.2) is 0 Å². The SMILES string of the molecule is O.O.O.OOB(O)O.[Na]. The molecule has 0 aromatic carbocycles. The Morgan fingerprint density at radius 2 is 1.11 bits per heavy atom. The monoisotopic (exact) mass is 155 g/mol. The zero-order valence-corrected chi connectivity index (χ0v) is 6.83. The van der Waals surface area contributed by atoms with E-state index >= 15 is 0 Å². The summed E-state index contributed by atoms with van der Waals surface area (Å²) in [5.74, 6) is 0. The van der Waals surface area contributed by atoms with Crippen LogP contribution in [0.1, 0.15) is 0 Å². The predicted molar refractivity (Wildman–Crippen MR) is 30.5 cm³/mol. The fourth-order valence-electron chi connectivity index (χ4n) is 0. The second kappa shape index (κ2) is 23.3. The smallest absolute Gasteiger partial charge is 0.412 e. The van der Waals surface area contributed by atoms with Crippen LogP contribution in [0, 0.1) is 0 Å². The van der Waals surface area contributed by atoms with E-state index in [1.54, 1.807) is 0 Å². The molecular formula is H9BNaO7. The average Bonchev–Trinajstić information content (AvgIpc) is 1.38. The Bertz CT molecular complexity index is 22.9. The molecule has 0 aromatic rings. The van der Waals surface area contributed by atoms with Crippen LogP contribution in [-0.2, 0) is 4.81 Å². The summed E-state index contributed by atoms with van der Waals surface area (Å²) < 4.78 is 0. The molecule has 0 saturated heterocycles. The third kappa shape index (κ3) is 52.1. The second-order valence-corrected chi connectivity index (χ2v) is 0.432. The Labute approximate surface area is 73.6 Å². The van der Waals surface area contributed by atoms with Gasteiger partial charge in [0.05, 0.1) is 0 Å². The quantitative estimate of drug-likeness (QED) is 0.197. The van der Waals surface area contributed by atoms with Gasteiger partial charge in [-0.2, -0.15) is 0 Å². The van der Waals surface area contributed by atoms with Gasteiger partial charge in [0, 0.05) is 29.6 Å². The largest absolute Gasteiger partial charge is 0.662 e. The zero-order chi connectivity index (χ0) is 4.28. The Morgan fingerprint density at radius 1 is 1.00 bits per heavy atom. The maximum absolute atomic E-state index is 7.44. The van der Waals surface area contributed by atoms with Crippen LogP contribution in [0.25, 0.3) is 0 Å². The number of rotatable bonds is 1. The molecule has 9 heteroatoms. The molecule has 9 heavy (non-hydrogen) atoms. The molecule has 7 nitrogen and oxygen atoms in total. The van der Waals surface area contributed by atoms with Gasteiger partial charge in [-0.25, -0.2) is 4.81 Å². The molecule has 0 aliphatic rings. The molecular weight excluding hydrogens is 146 g/mol. The van der Waals surface area contributed by atoms with Crippen molar-refractivity contribution in [1.82, 2.24) is 0 Å². The number of hydrogen-bond donors (Lipinski definition) is 3. The molecule has 9 N–H and O–H groups in total. The Kier molecular flexibility index (Phi) is 85.2. The summed E-state index contributed by atoms with van der Waals surface area (Å²) in [5.41, 5.74) is 0. The molecule has 0 saturated carbocycles. The van der Waals surface area contributed by atoms with Gasteiger partial charge in [-0.15, -0.1) is 0 Å². The predicted octanol–water partition coefficient (Wildman–Crippen LogP) is -4.41. The Hall–Kier alpha value is 0.785. The van der Waals surface area contributed by atoms with Crippen molar-refractivity contribution >= 4 is 36.9 Å². The average molecular weight is 155 g/mol. The van der Waals surface area contributed by atoms with Gasteiger partial charge >= 0.3 is 7.32 Å². The van der Waals surface area contributed by atoms with Crippen molar-refractivity contribution in [2.24, 2.45) is 0 Å². The van der Waals surface area contributed by atoms with Gasteiger partial charge < -0.3 is 26.5 Å². The van der Waals surface area contributed by atoms with Crippen molar-refractivity contribution < 1.29 is 36.5 Å². The van der Waals surface area contributed by atoms with Crippen molar-refractivity contribution in [3.05, 3.63) is 0 Å². The third-order valence-electron chi connectivity index (χ3n) is 0.0943. The van der Waals surface area contributed by atoms with Crippen LogP contribution < -0.4 is 0 Å². The Balaban J connectivity index is -0.0000000133. The minimum absolute atomic E-state index is 0. The molecule has 1 radical (unpaired) electrons. The van der Waals surface area contributed by atoms with E-state index in [2.05, 4.69) is 4.81 Å². The Morgan fingerprint density at radius 3 is 1.11 bits per heavy atom. The van der Waals surface area contributed by atoms with Crippen molar-refractivity contribution in [2.45, 2.75) is 0 Å². The molecule has 0 bridgehead atoms. The molecule has 0 spiro atoms. The van der Waals surface area contributed by atoms with Crippen molar-refractivity contribution in [3.8, 4) is 0 Å². The van der Waals surface area contributed by atoms with Gasteiger partial charge in [0.25, 0.3) is 0 Å². The first-order valence-corrected chi connectivity index (χ1v) is 0.935. The van der Waals surface area contributed by atoms with Gasteiger partial charge in [-0.1, -0.05) is 0 Å². The molecule has 0 amide bonds. The molecule has 0 heterocycles. The van der Waals surface area contributed by atoms with Gasteiger partial charge in [-0.3, -0.25) is 5.26 Å². The summed E-state index contributed by atoms with van der Waals surface area (Å²) in [6.45, 7) is 0. The summed E-state index contributed by atoms with van der Waals surface area (Å²) in [6, 6.07) is 0. The summed E-state index contributed by atoms with van der Waals surface area (Å²) >= 11 is 0. The second-order valence-electron chi connectivity index (χ2n) is 0.432. The van der Waals surface area contributed by atoms with Gasteiger partial charge in [0.15, 0.2) is 0 Å². The van der Waals surface area contributed by atoms with Crippen molar-refractivity contribution in [2.75, 3.05) is 0 Å². The van der Waals surface area contributed by atoms with Crippen LogP contribution in [0.3, 0.4) is 0 Å². The molecule has 0 fully saturated rings. The van der Waals surface area contributed by atoms with Crippen LogP contribution in [0.4, 0.5) is 0 Å². The fourth-order valence-corrected chi connectivity index (χ4v) is 0. The van der Waals surface area contributed by atoms with E-state index in [-0.39, 0.29) is 46.0 Å². The summed E-state index contributed by atoms with van der Waals surface area (Å²) in [5, 5.41) is 22.0. The summed E-state index contributed by atoms with van der Waals surface area (Å²) in [4.78, 5) is 2.86. The van der Waals surface area contributed by atoms with E-state index in [1.165, 1.54) is 0 Å². The molecule has 0 aliphatic heterocycles. The zero-order valence-electron chi connectivity index (χ0n) is 4.83. The van der Waals surface area contributed by atoms with E-state index in [0.717, 1.165) is 0 Å². The van der Waals surface area contributed by atoms with Gasteiger partial charge in [0.2, 0.25) is 0 Å². The molecule has 0 unspecified atom stereocenters. The molecule has 0 aliphatic carbocycles. The van der Waals surface area contributed by atoms with Crippen LogP contribution in [0.2, 0.25) is 0 Å².